The van der Waals surface area contributed by atoms with E-state index in [4.69, 9.17) is 13.9 Å². The summed E-state index contributed by atoms with van der Waals surface area (Å²) < 4.78 is 39.9. The highest BCUT2D eigenvalue weighted by molar-refractivity contribution is 7.91. The van der Waals surface area contributed by atoms with Gasteiger partial charge >= 0.3 is 0 Å². The van der Waals surface area contributed by atoms with Crippen LogP contribution >= 0.6 is 0 Å². The molecule has 7 nitrogen and oxygen atoms in total. The highest BCUT2D eigenvalue weighted by atomic mass is 32.2. The van der Waals surface area contributed by atoms with E-state index in [0.717, 1.165) is 5.75 Å². The smallest absolute Gasteiger partial charge is 0.261 e. The minimum atomic E-state index is -3.11. The zero-order chi connectivity index (χ0) is 19.3. The van der Waals surface area contributed by atoms with E-state index >= 15 is 0 Å². The number of sulfone groups is 1. The predicted molar refractivity (Wildman–Crippen MR) is 99.4 cm³/mol. The van der Waals surface area contributed by atoms with Gasteiger partial charge in [0.05, 0.1) is 30.9 Å². The molecule has 1 aliphatic rings. The van der Waals surface area contributed by atoms with Crippen LogP contribution in [0.15, 0.2) is 47.1 Å². The SMILES string of the molecule is CCOc1ccc(OCC(=O)N(Cc2ccco2)[C@H]2CCS(=O)(=O)C2)cc1. The predicted octanol–water partition coefficient (Wildman–Crippen LogP) is 2.27. The van der Waals surface area contributed by atoms with Crippen LogP contribution in [0.25, 0.3) is 0 Å². The number of benzene rings is 1. The summed E-state index contributed by atoms with van der Waals surface area (Å²) in [6.45, 7) is 2.52. The molecule has 1 aliphatic heterocycles. The first-order valence-electron chi connectivity index (χ1n) is 8.85. The largest absolute Gasteiger partial charge is 0.494 e. The van der Waals surface area contributed by atoms with Crippen molar-refractivity contribution < 1.29 is 27.1 Å². The molecule has 1 saturated heterocycles. The molecule has 1 aromatic carbocycles. The van der Waals surface area contributed by atoms with Crippen LogP contribution in [0.1, 0.15) is 19.1 Å². The second kappa shape index (κ2) is 8.47. The van der Waals surface area contributed by atoms with Crippen LogP contribution in [-0.2, 0) is 21.2 Å². The Bertz CT molecular complexity index is 845. The summed E-state index contributed by atoms with van der Waals surface area (Å²) in [7, 11) is -3.11. The van der Waals surface area contributed by atoms with Gasteiger partial charge in [-0.25, -0.2) is 8.42 Å². The quantitative estimate of drug-likeness (QED) is 0.684. The molecule has 3 rings (SSSR count). The molecular formula is C19H23NO6S. The van der Waals surface area contributed by atoms with E-state index < -0.39 is 9.84 Å². The van der Waals surface area contributed by atoms with Crippen molar-refractivity contribution >= 4 is 15.7 Å². The Hall–Kier alpha value is -2.48. The molecule has 1 atom stereocenters. The van der Waals surface area contributed by atoms with Gasteiger partial charge in [-0.15, -0.1) is 0 Å². The van der Waals surface area contributed by atoms with Gasteiger partial charge in [-0.05, 0) is 49.7 Å². The number of ether oxygens (including phenoxy) is 2. The number of furan rings is 1. The lowest BCUT2D eigenvalue weighted by atomic mass is 10.2. The van der Waals surface area contributed by atoms with Crippen LogP contribution in [0.3, 0.4) is 0 Å². The number of hydrogen-bond acceptors (Lipinski definition) is 6. The number of carbonyl (C=O) groups excluding carboxylic acids is 1. The minimum Gasteiger partial charge on any atom is -0.494 e. The molecule has 0 saturated carbocycles. The van der Waals surface area contributed by atoms with Gasteiger partial charge in [0.25, 0.3) is 5.91 Å². The molecule has 0 spiro atoms. The van der Waals surface area contributed by atoms with Gasteiger partial charge in [-0.2, -0.15) is 0 Å². The molecule has 1 fully saturated rings. The fourth-order valence-corrected chi connectivity index (χ4v) is 4.77. The second-order valence-electron chi connectivity index (χ2n) is 6.35. The molecule has 0 unspecified atom stereocenters. The lowest BCUT2D eigenvalue weighted by Gasteiger charge is -2.27. The number of nitrogens with zero attached hydrogens (tertiary/aromatic N) is 1. The highest BCUT2D eigenvalue weighted by Gasteiger charge is 2.35. The number of rotatable bonds is 8. The Balaban J connectivity index is 1.65. The van der Waals surface area contributed by atoms with Crippen molar-refractivity contribution in [2.75, 3.05) is 24.7 Å². The molecule has 2 aromatic rings. The summed E-state index contributed by atoms with van der Waals surface area (Å²) in [6, 6.07) is 10.1. The van der Waals surface area contributed by atoms with Crippen molar-refractivity contribution in [3.05, 3.63) is 48.4 Å². The molecule has 1 amide bonds. The van der Waals surface area contributed by atoms with Gasteiger partial charge in [-0.3, -0.25) is 4.79 Å². The molecular weight excluding hydrogens is 370 g/mol. The van der Waals surface area contributed by atoms with Crippen molar-refractivity contribution in [3.63, 3.8) is 0 Å². The van der Waals surface area contributed by atoms with Crippen molar-refractivity contribution in [3.8, 4) is 11.5 Å². The minimum absolute atomic E-state index is 0.0253. The molecule has 27 heavy (non-hydrogen) atoms. The maximum absolute atomic E-state index is 12.8. The zero-order valence-corrected chi connectivity index (χ0v) is 16.0. The zero-order valence-electron chi connectivity index (χ0n) is 15.2. The Morgan fingerprint density at radius 2 is 1.89 bits per heavy atom. The lowest BCUT2D eigenvalue weighted by Crippen LogP contribution is -2.43. The first kappa shape index (κ1) is 19.3. The van der Waals surface area contributed by atoms with Crippen LogP contribution < -0.4 is 9.47 Å². The molecule has 0 N–H and O–H groups in total. The fraction of sp³-hybridized carbons (Fsp3) is 0.421. The topological polar surface area (TPSA) is 86.1 Å². The third-order valence-corrected chi connectivity index (χ3v) is 6.12. The Morgan fingerprint density at radius 3 is 2.44 bits per heavy atom. The molecule has 0 radical (unpaired) electrons. The van der Waals surface area contributed by atoms with Gasteiger partial charge in [0, 0.05) is 6.04 Å². The normalized spacial score (nSPS) is 18.2. The number of amides is 1. The molecule has 0 bridgehead atoms. The van der Waals surface area contributed by atoms with Crippen molar-refractivity contribution in [2.45, 2.75) is 25.9 Å². The first-order valence-corrected chi connectivity index (χ1v) is 10.7. The van der Waals surface area contributed by atoms with Crippen LogP contribution in [0.4, 0.5) is 0 Å². The van der Waals surface area contributed by atoms with Gasteiger partial charge < -0.3 is 18.8 Å². The van der Waals surface area contributed by atoms with E-state index in [1.54, 1.807) is 36.4 Å². The van der Waals surface area contributed by atoms with Crippen molar-refractivity contribution in [1.29, 1.82) is 0 Å². The molecule has 8 heteroatoms. The second-order valence-corrected chi connectivity index (χ2v) is 8.58. The van der Waals surface area contributed by atoms with E-state index in [0.29, 0.717) is 24.5 Å². The third kappa shape index (κ3) is 5.26. The van der Waals surface area contributed by atoms with Crippen LogP contribution in [0.2, 0.25) is 0 Å². The molecule has 0 aliphatic carbocycles. The summed E-state index contributed by atoms with van der Waals surface area (Å²) >= 11 is 0. The molecule has 146 valence electrons. The Kier molecular flexibility index (Phi) is 6.05. The Morgan fingerprint density at radius 1 is 1.19 bits per heavy atom. The van der Waals surface area contributed by atoms with E-state index in [9.17, 15) is 13.2 Å². The standard InChI is InChI=1S/C19H23NO6S/c1-2-24-16-5-7-17(8-6-16)26-13-19(21)20(12-18-4-3-10-25-18)15-9-11-27(22,23)14-15/h3-8,10,15H,2,9,11-14H2,1H3/t15-/m0/s1. The summed E-state index contributed by atoms with van der Waals surface area (Å²) in [5, 5.41) is 0. The van der Waals surface area contributed by atoms with Gasteiger partial charge in [0.1, 0.15) is 17.3 Å². The lowest BCUT2D eigenvalue weighted by molar-refractivity contribution is -0.136. The monoisotopic (exact) mass is 393 g/mol. The number of hydrogen-bond donors (Lipinski definition) is 0. The summed E-state index contributed by atoms with van der Waals surface area (Å²) in [6.07, 6.45) is 1.96. The summed E-state index contributed by atoms with van der Waals surface area (Å²) in [4.78, 5) is 14.3. The van der Waals surface area contributed by atoms with Crippen molar-refractivity contribution in [2.24, 2.45) is 0 Å². The van der Waals surface area contributed by atoms with Gasteiger partial charge in [0.2, 0.25) is 0 Å². The van der Waals surface area contributed by atoms with E-state index in [-0.39, 0.29) is 36.6 Å². The van der Waals surface area contributed by atoms with E-state index in [2.05, 4.69) is 0 Å². The average Bonchev–Trinajstić information content (AvgIpc) is 3.28. The highest BCUT2D eigenvalue weighted by Crippen LogP contribution is 2.22. The average molecular weight is 393 g/mol. The van der Waals surface area contributed by atoms with E-state index in [1.807, 2.05) is 6.92 Å². The maximum atomic E-state index is 12.8. The van der Waals surface area contributed by atoms with Crippen LogP contribution in [-0.4, -0.2) is 50.0 Å². The van der Waals surface area contributed by atoms with Gasteiger partial charge in [-0.1, -0.05) is 0 Å². The number of carbonyl (C=O) groups is 1. The first-order chi connectivity index (χ1) is 13.0. The summed E-state index contributed by atoms with van der Waals surface area (Å²) in [5.41, 5.74) is 0. The third-order valence-electron chi connectivity index (χ3n) is 4.37. The van der Waals surface area contributed by atoms with Crippen LogP contribution in [0.5, 0.6) is 11.5 Å². The van der Waals surface area contributed by atoms with Crippen molar-refractivity contribution in [1.82, 2.24) is 4.90 Å². The maximum Gasteiger partial charge on any atom is 0.261 e. The van der Waals surface area contributed by atoms with Crippen LogP contribution in [0, 0.1) is 0 Å². The van der Waals surface area contributed by atoms with E-state index in [1.165, 1.54) is 11.2 Å². The molecule has 2 heterocycles. The fourth-order valence-electron chi connectivity index (χ4n) is 3.04. The molecule has 1 aromatic heterocycles. The Labute approximate surface area is 158 Å². The van der Waals surface area contributed by atoms with Gasteiger partial charge in [0.15, 0.2) is 16.4 Å². The summed E-state index contributed by atoms with van der Waals surface area (Å²) in [5.74, 6) is 1.67.